The van der Waals surface area contributed by atoms with E-state index >= 15 is 0 Å². The van der Waals surface area contributed by atoms with E-state index in [4.69, 9.17) is 10.2 Å². The number of rotatable bonds is 2. The second-order valence-corrected chi connectivity index (χ2v) is 4.97. The van der Waals surface area contributed by atoms with Crippen LogP contribution in [0, 0.1) is 0 Å². The maximum absolute atomic E-state index is 11.5. The van der Waals surface area contributed by atoms with Gasteiger partial charge in [-0.15, -0.1) is 0 Å². The molecule has 0 fully saturated rings. The van der Waals surface area contributed by atoms with Gasteiger partial charge in [-0.1, -0.05) is 0 Å². The number of oxazole rings is 1. The molecule has 0 atom stereocenters. The molecule has 2 heterocycles. The molecular formula is C12H11BrN4O2. The van der Waals surface area contributed by atoms with E-state index in [0.29, 0.717) is 12.1 Å². The third kappa shape index (κ3) is 1.82. The van der Waals surface area contributed by atoms with E-state index < -0.39 is 0 Å². The second kappa shape index (κ2) is 4.36. The number of aryl methyl sites for hydroxylation is 1. The molecule has 7 heteroatoms. The summed E-state index contributed by atoms with van der Waals surface area (Å²) in [4.78, 5) is 11.5. The molecule has 0 aliphatic rings. The lowest BCUT2D eigenvalue weighted by atomic mass is 10.1. The van der Waals surface area contributed by atoms with Gasteiger partial charge in [0.1, 0.15) is 5.69 Å². The third-order valence-electron chi connectivity index (χ3n) is 3.04. The Morgan fingerprint density at radius 2 is 2.32 bits per heavy atom. The number of aromatic amines is 1. The molecule has 0 saturated heterocycles. The van der Waals surface area contributed by atoms with Crippen LogP contribution in [0.15, 0.2) is 31.9 Å². The minimum Gasteiger partial charge on any atom is -0.408 e. The number of nitrogens with two attached hydrogens (primary N) is 1. The fourth-order valence-corrected chi connectivity index (χ4v) is 2.53. The maximum atomic E-state index is 11.5. The molecular weight excluding hydrogens is 312 g/mol. The summed E-state index contributed by atoms with van der Waals surface area (Å²) in [6, 6.07) is 5.48. The summed E-state index contributed by atoms with van der Waals surface area (Å²) in [5.41, 5.74) is 9.36. The highest BCUT2D eigenvalue weighted by Crippen LogP contribution is 2.30. The van der Waals surface area contributed by atoms with Gasteiger partial charge in [0.15, 0.2) is 5.58 Å². The normalized spacial score (nSPS) is 11.3. The quantitative estimate of drug-likeness (QED) is 0.752. The molecule has 3 aromatic rings. The standard InChI is InChI=1S/C12H11BrN4O2/c1-17-8-4-6(2-3-9(8)19-12(17)18)11-10(13)7(5-14)15-16-11/h2-4H,5,14H2,1H3,(H,15,16). The van der Waals surface area contributed by atoms with Crippen molar-refractivity contribution < 1.29 is 4.42 Å². The van der Waals surface area contributed by atoms with Crippen LogP contribution in [0.3, 0.4) is 0 Å². The molecule has 0 unspecified atom stereocenters. The zero-order valence-electron chi connectivity index (χ0n) is 10.1. The molecule has 0 aliphatic heterocycles. The number of hydrogen-bond donors (Lipinski definition) is 2. The first-order valence-electron chi connectivity index (χ1n) is 5.64. The monoisotopic (exact) mass is 322 g/mol. The van der Waals surface area contributed by atoms with Crippen LogP contribution >= 0.6 is 15.9 Å². The Hall–Kier alpha value is -1.86. The van der Waals surface area contributed by atoms with Crippen molar-refractivity contribution in [3.63, 3.8) is 0 Å². The van der Waals surface area contributed by atoms with Gasteiger partial charge in [0.25, 0.3) is 0 Å². The average molecular weight is 323 g/mol. The zero-order chi connectivity index (χ0) is 13.6. The summed E-state index contributed by atoms with van der Waals surface area (Å²) in [7, 11) is 1.67. The molecule has 0 aliphatic carbocycles. The number of benzene rings is 1. The van der Waals surface area contributed by atoms with Crippen LogP contribution in [0.4, 0.5) is 0 Å². The third-order valence-corrected chi connectivity index (χ3v) is 3.90. The molecule has 19 heavy (non-hydrogen) atoms. The van der Waals surface area contributed by atoms with Gasteiger partial charge in [-0.25, -0.2) is 4.79 Å². The van der Waals surface area contributed by atoms with Gasteiger partial charge in [0.2, 0.25) is 0 Å². The van der Waals surface area contributed by atoms with Crippen LogP contribution in [0.2, 0.25) is 0 Å². The minimum atomic E-state index is -0.379. The van der Waals surface area contributed by atoms with E-state index in [0.717, 1.165) is 26.9 Å². The van der Waals surface area contributed by atoms with Crippen molar-refractivity contribution in [2.45, 2.75) is 6.54 Å². The highest BCUT2D eigenvalue weighted by molar-refractivity contribution is 9.10. The van der Waals surface area contributed by atoms with Crippen LogP contribution in [0.1, 0.15) is 5.69 Å². The van der Waals surface area contributed by atoms with Gasteiger partial charge in [0.05, 0.1) is 15.7 Å². The van der Waals surface area contributed by atoms with Gasteiger partial charge in [-0.2, -0.15) is 5.10 Å². The average Bonchev–Trinajstić information content (AvgIpc) is 2.91. The molecule has 3 rings (SSSR count). The number of fused-ring (bicyclic) bond motifs is 1. The van der Waals surface area contributed by atoms with Crippen molar-refractivity contribution in [3.8, 4) is 11.3 Å². The zero-order valence-corrected chi connectivity index (χ0v) is 11.7. The molecule has 0 bridgehead atoms. The van der Waals surface area contributed by atoms with Crippen molar-refractivity contribution in [3.05, 3.63) is 38.9 Å². The summed E-state index contributed by atoms with van der Waals surface area (Å²) in [5, 5.41) is 7.11. The maximum Gasteiger partial charge on any atom is 0.419 e. The van der Waals surface area contributed by atoms with Gasteiger partial charge in [-0.05, 0) is 34.1 Å². The van der Waals surface area contributed by atoms with Crippen LogP contribution < -0.4 is 11.5 Å². The molecule has 1 aromatic carbocycles. The Labute approximate surface area is 116 Å². The molecule has 0 spiro atoms. The van der Waals surface area contributed by atoms with Crippen LogP contribution in [-0.2, 0) is 13.6 Å². The Bertz CT molecular complexity index is 815. The topological polar surface area (TPSA) is 89.8 Å². The van der Waals surface area contributed by atoms with Crippen LogP contribution in [0.25, 0.3) is 22.4 Å². The number of aromatic nitrogens is 3. The highest BCUT2D eigenvalue weighted by Gasteiger charge is 2.13. The molecule has 3 N–H and O–H groups in total. The van der Waals surface area contributed by atoms with E-state index in [1.807, 2.05) is 12.1 Å². The smallest absolute Gasteiger partial charge is 0.408 e. The second-order valence-electron chi connectivity index (χ2n) is 4.18. The largest absolute Gasteiger partial charge is 0.419 e. The Morgan fingerprint density at radius 1 is 1.53 bits per heavy atom. The molecule has 6 nitrogen and oxygen atoms in total. The number of hydrogen-bond acceptors (Lipinski definition) is 4. The molecule has 98 valence electrons. The van der Waals surface area contributed by atoms with Gasteiger partial charge >= 0.3 is 5.76 Å². The van der Waals surface area contributed by atoms with Crippen molar-refractivity contribution in [1.29, 1.82) is 0 Å². The number of nitrogens with one attached hydrogen (secondary N) is 1. The van der Waals surface area contributed by atoms with E-state index in [-0.39, 0.29) is 5.76 Å². The summed E-state index contributed by atoms with van der Waals surface area (Å²) in [6.07, 6.45) is 0. The predicted octanol–water partition coefficient (Wildman–Crippen LogP) is 1.74. The predicted molar refractivity (Wildman–Crippen MR) is 74.6 cm³/mol. The Morgan fingerprint density at radius 3 is 3.00 bits per heavy atom. The SMILES string of the molecule is Cn1c(=O)oc2ccc(-c3n[nH]c(CN)c3Br)cc21. The van der Waals surface area contributed by atoms with E-state index in [1.165, 1.54) is 4.57 Å². The molecule has 2 aromatic heterocycles. The van der Waals surface area contributed by atoms with Gasteiger partial charge < -0.3 is 10.2 Å². The van der Waals surface area contributed by atoms with Crippen molar-refractivity contribution in [2.24, 2.45) is 12.8 Å². The summed E-state index contributed by atoms with van der Waals surface area (Å²) < 4.78 is 7.39. The highest BCUT2D eigenvalue weighted by atomic mass is 79.9. The van der Waals surface area contributed by atoms with E-state index in [2.05, 4.69) is 26.1 Å². The van der Waals surface area contributed by atoms with Crippen LogP contribution in [-0.4, -0.2) is 14.8 Å². The summed E-state index contributed by atoms with van der Waals surface area (Å²) >= 11 is 3.47. The van der Waals surface area contributed by atoms with E-state index in [9.17, 15) is 4.79 Å². The lowest BCUT2D eigenvalue weighted by Crippen LogP contribution is -2.08. The van der Waals surface area contributed by atoms with E-state index in [1.54, 1.807) is 13.1 Å². The summed E-state index contributed by atoms with van der Waals surface area (Å²) in [5.74, 6) is -0.379. The van der Waals surface area contributed by atoms with Crippen molar-refractivity contribution in [1.82, 2.24) is 14.8 Å². The lowest BCUT2D eigenvalue weighted by Gasteiger charge is -1.99. The number of H-pyrrole nitrogens is 1. The Balaban J connectivity index is 2.22. The van der Waals surface area contributed by atoms with Crippen molar-refractivity contribution >= 4 is 27.0 Å². The van der Waals surface area contributed by atoms with Gasteiger partial charge in [-0.3, -0.25) is 9.67 Å². The summed E-state index contributed by atoms with van der Waals surface area (Å²) in [6.45, 7) is 0.375. The molecule has 0 saturated carbocycles. The molecule has 0 radical (unpaired) electrons. The first-order chi connectivity index (χ1) is 9.11. The number of halogens is 1. The first-order valence-corrected chi connectivity index (χ1v) is 6.44. The van der Waals surface area contributed by atoms with Gasteiger partial charge in [0, 0.05) is 19.2 Å². The Kier molecular flexibility index (Phi) is 2.79. The molecule has 0 amide bonds. The fraction of sp³-hybridized carbons (Fsp3) is 0.167. The van der Waals surface area contributed by atoms with Crippen LogP contribution in [0.5, 0.6) is 0 Å². The van der Waals surface area contributed by atoms with Crippen molar-refractivity contribution in [2.75, 3.05) is 0 Å². The first kappa shape index (κ1) is 12.2. The number of nitrogens with zero attached hydrogens (tertiary/aromatic N) is 2. The fourth-order valence-electron chi connectivity index (χ4n) is 1.96. The lowest BCUT2D eigenvalue weighted by molar-refractivity contribution is 0.528. The minimum absolute atomic E-state index is 0.375.